The molecule has 0 saturated heterocycles. The summed E-state index contributed by atoms with van der Waals surface area (Å²) in [6, 6.07) is 8.67. The first-order chi connectivity index (χ1) is 6.68. The summed E-state index contributed by atoms with van der Waals surface area (Å²) in [5.74, 6) is 0.569. The number of methoxy groups -OCH3 is 1. The van der Waals surface area contributed by atoms with Gasteiger partial charge in [0.2, 0.25) is 0 Å². The zero-order valence-corrected chi connectivity index (χ0v) is 9.21. The smallest absolute Gasteiger partial charge is 0.0781 e. The highest BCUT2D eigenvalue weighted by Crippen LogP contribution is 2.37. The van der Waals surface area contributed by atoms with Crippen molar-refractivity contribution in [2.24, 2.45) is 5.92 Å². The molecule has 0 aromatic heterocycles. The van der Waals surface area contributed by atoms with Crippen LogP contribution in [0, 0.1) is 5.92 Å². The predicted molar refractivity (Wildman–Crippen MR) is 58.4 cm³/mol. The zero-order valence-electron chi connectivity index (χ0n) is 9.21. The normalized spacial score (nSPS) is 18.6. The van der Waals surface area contributed by atoms with Crippen molar-refractivity contribution in [2.45, 2.75) is 32.3 Å². The third-order valence-corrected chi connectivity index (χ3v) is 3.56. The van der Waals surface area contributed by atoms with Crippen LogP contribution in [0.5, 0.6) is 0 Å². The van der Waals surface area contributed by atoms with Crippen LogP contribution in [0.4, 0.5) is 0 Å². The lowest BCUT2D eigenvalue weighted by atomic mass is 9.87. The maximum Gasteiger partial charge on any atom is 0.0781 e. The summed E-state index contributed by atoms with van der Waals surface area (Å²) in [6.45, 7) is 4.49. The topological polar surface area (TPSA) is 9.23 Å². The molecule has 1 heteroatoms. The molecule has 0 fully saturated rings. The number of fused-ring (bicyclic) bond motifs is 1. The molecule has 0 saturated carbocycles. The van der Waals surface area contributed by atoms with Crippen molar-refractivity contribution < 1.29 is 4.74 Å². The largest absolute Gasteiger partial charge is 0.377 e. The highest BCUT2D eigenvalue weighted by Gasteiger charge is 2.39. The van der Waals surface area contributed by atoms with E-state index in [9.17, 15) is 0 Å². The van der Waals surface area contributed by atoms with Gasteiger partial charge in [0.1, 0.15) is 0 Å². The second-order valence-electron chi connectivity index (χ2n) is 4.55. The van der Waals surface area contributed by atoms with Crippen LogP contribution in [-0.4, -0.2) is 12.7 Å². The number of hydrogen-bond donors (Lipinski definition) is 0. The molecule has 0 bridgehead atoms. The minimum atomic E-state index is 0.0453. The van der Waals surface area contributed by atoms with Crippen LogP contribution in [-0.2, 0) is 17.6 Å². The first kappa shape index (κ1) is 9.72. The number of benzene rings is 1. The van der Waals surface area contributed by atoms with E-state index in [0.717, 1.165) is 12.8 Å². The summed E-state index contributed by atoms with van der Waals surface area (Å²) in [5, 5.41) is 0. The molecule has 1 aliphatic rings. The Morgan fingerprint density at radius 1 is 1.14 bits per heavy atom. The summed E-state index contributed by atoms with van der Waals surface area (Å²) < 4.78 is 5.74. The molecular weight excluding hydrogens is 172 g/mol. The van der Waals surface area contributed by atoms with E-state index in [0.29, 0.717) is 5.92 Å². The zero-order chi connectivity index (χ0) is 10.2. The molecule has 1 aromatic rings. The molecule has 14 heavy (non-hydrogen) atoms. The monoisotopic (exact) mass is 190 g/mol. The Bertz CT molecular complexity index is 303. The fourth-order valence-corrected chi connectivity index (χ4v) is 2.40. The third kappa shape index (κ3) is 1.36. The third-order valence-electron chi connectivity index (χ3n) is 3.56. The van der Waals surface area contributed by atoms with Crippen molar-refractivity contribution in [2.75, 3.05) is 7.11 Å². The molecule has 76 valence electrons. The molecule has 0 amide bonds. The lowest BCUT2D eigenvalue weighted by Crippen LogP contribution is -2.38. The van der Waals surface area contributed by atoms with Crippen LogP contribution < -0.4 is 0 Å². The van der Waals surface area contributed by atoms with Crippen molar-refractivity contribution in [1.82, 2.24) is 0 Å². The molecule has 1 aromatic carbocycles. The van der Waals surface area contributed by atoms with Crippen molar-refractivity contribution in [1.29, 1.82) is 0 Å². The molecule has 0 spiro atoms. The maximum absolute atomic E-state index is 5.74. The van der Waals surface area contributed by atoms with Gasteiger partial charge in [-0.3, -0.25) is 0 Å². The van der Waals surface area contributed by atoms with Gasteiger partial charge in [0.15, 0.2) is 0 Å². The van der Waals surface area contributed by atoms with E-state index in [4.69, 9.17) is 4.74 Å². The van der Waals surface area contributed by atoms with Gasteiger partial charge in [-0.2, -0.15) is 0 Å². The van der Waals surface area contributed by atoms with Gasteiger partial charge < -0.3 is 4.74 Å². The van der Waals surface area contributed by atoms with Gasteiger partial charge in [-0.1, -0.05) is 38.1 Å². The summed E-state index contributed by atoms with van der Waals surface area (Å²) in [4.78, 5) is 0. The number of ether oxygens (including phenoxy) is 1. The molecule has 1 nitrogen and oxygen atoms in total. The van der Waals surface area contributed by atoms with Gasteiger partial charge in [0, 0.05) is 20.0 Å². The Kier molecular flexibility index (Phi) is 2.36. The maximum atomic E-state index is 5.74. The van der Waals surface area contributed by atoms with E-state index in [1.54, 1.807) is 0 Å². The van der Waals surface area contributed by atoms with Gasteiger partial charge in [-0.15, -0.1) is 0 Å². The molecule has 0 atom stereocenters. The molecule has 0 heterocycles. The summed E-state index contributed by atoms with van der Waals surface area (Å²) in [5.41, 5.74) is 2.97. The van der Waals surface area contributed by atoms with Gasteiger partial charge >= 0.3 is 0 Å². The summed E-state index contributed by atoms with van der Waals surface area (Å²) in [6.07, 6.45) is 2.13. The van der Waals surface area contributed by atoms with Gasteiger partial charge in [0.05, 0.1) is 5.60 Å². The van der Waals surface area contributed by atoms with E-state index in [1.807, 2.05) is 7.11 Å². The molecule has 0 N–H and O–H groups in total. The molecule has 0 unspecified atom stereocenters. The predicted octanol–water partition coefficient (Wildman–Crippen LogP) is 2.83. The van der Waals surface area contributed by atoms with Gasteiger partial charge in [-0.25, -0.2) is 0 Å². The highest BCUT2D eigenvalue weighted by molar-refractivity contribution is 5.35. The first-order valence-electron chi connectivity index (χ1n) is 5.30. The molecule has 0 aliphatic heterocycles. The van der Waals surface area contributed by atoms with Gasteiger partial charge in [0.25, 0.3) is 0 Å². The Hall–Kier alpha value is -0.820. The van der Waals surface area contributed by atoms with E-state index < -0.39 is 0 Å². The molecule has 0 radical (unpaired) electrons. The fourth-order valence-electron chi connectivity index (χ4n) is 2.40. The Labute approximate surface area is 86.1 Å². The lowest BCUT2D eigenvalue weighted by molar-refractivity contribution is -0.0389. The van der Waals surface area contributed by atoms with Gasteiger partial charge in [-0.05, 0) is 17.0 Å². The standard InChI is InChI=1S/C13H18O/c1-10(2)13(14-3)8-11-6-4-5-7-12(11)9-13/h4-7,10H,8-9H2,1-3H3. The van der Waals surface area contributed by atoms with Crippen molar-refractivity contribution in [3.8, 4) is 0 Å². The Balaban J connectivity index is 2.32. The van der Waals surface area contributed by atoms with Crippen LogP contribution in [0.25, 0.3) is 0 Å². The van der Waals surface area contributed by atoms with E-state index in [2.05, 4.69) is 38.1 Å². The second-order valence-corrected chi connectivity index (χ2v) is 4.55. The quantitative estimate of drug-likeness (QED) is 0.696. The average Bonchev–Trinajstić information content (AvgIpc) is 2.57. The van der Waals surface area contributed by atoms with Crippen LogP contribution in [0.1, 0.15) is 25.0 Å². The minimum absolute atomic E-state index is 0.0453. The van der Waals surface area contributed by atoms with Crippen LogP contribution >= 0.6 is 0 Å². The Morgan fingerprint density at radius 3 is 2.00 bits per heavy atom. The van der Waals surface area contributed by atoms with Crippen LogP contribution in [0.3, 0.4) is 0 Å². The molecule has 2 rings (SSSR count). The SMILES string of the molecule is COC1(C(C)C)Cc2ccccc2C1. The van der Waals surface area contributed by atoms with E-state index in [-0.39, 0.29) is 5.60 Å². The Morgan fingerprint density at radius 2 is 1.64 bits per heavy atom. The van der Waals surface area contributed by atoms with Crippen molar-refractivity contribution in [3.63, 3.8) is 0 Å². The lowest BCUT2D eigenvalue weighted by Gasteiger charge is -2.31. The fraction of sp³-hybridized carbons (Fsp3) is 0.538. The van der Waals surface area contributed by atoms with Crippen LogP contribution in [0.15, 0.2) is 24.3 Å². The first-order valence-corrected chi connectivity index (χ1v) is 5.30. The summed E-state index contributed by atoms with van der Waals surface area (Å²) in [7, 11) is 1.84. The average molecular weight is 190 g/mol. The minimum Gasteiger partial charge on any atom is -0.377 e. The molecular formula is C13H18O. The second kappa shape index (κ2) is 3.39. The number of rotatable bonds is 2. The van der Waals surface area contributed by atoms with Crippen LogP contribution in [0.2, 0.25) is 0 Å². The summed E-state index contributed by atoms with van der Waals surface area (Å²) >= 11 is 0. The van der Waals surface area contributed by atoms with E-state index >= 15 is 0 Å². The van der Waals surface area contributed by atoms with Crippen molar-refractivity contribution >= 4 is 0 Å². The van der Waals surface area contributed by atoms with Crippen molar-refractivity contribution in [3.05, 3.63) is 35.4 Å². The number of hydrogen-bond acceptors (Lipinski definition) is 1. The van der Waals surface area contributed by atoms with E-state index in [1.165, 1.54) is 11.1 Å². The molecule has 1 aliphatic carbocycles. The highest BCUT2D eigenvalue weighted by atomic mass is 16.5.